The molecule has 11 heavy (non-hydrogen) atoms. The molecule has 1 heterocycles. The molecule has 0 bridgehead atoms. The van der Waals surface area contributed by atoms with E-state index in [4.69, 9.17) is 0 Å². The third kappa shape index (κ3) is 1.64. The maximum atomic E-state index is 10.8. The van der Waals surface area contributed by atoms with Crippen molar-refractivity contribution in [2.75, 3.05) is 0 Å². The first-order valence-electron chi connectivity index (χ1n) is 2.64. The zero-order valence-electron chi connectivity index (χ0n) is 5.20. The molecule has 0 aromatic carbocycles. The van der Waals surface area contributed by atoms with Crippen LogP contribution in [0.3, 0.4) is 0 Å². The smallest absolute Gasteiger partial charge is 0.324 e. The molecular formula is C5H3BrN2O3. The molecule has 0 aliphatic rings. The van der Waals surface area contributed by atoms with Crippen molar-refractivity contribution in [1.29, 1.82) is 0 Å². The van der Waals surface area contributed by atoms with E-state index in [0.29, 0.717) is 0 Å². The molecule has 0 spiro atoms. The lowest BCUT2D eigenvalue weighted by atomic mass is 10.4. The molecule has 6 heteroatoms. The Kier molecular flexibility index (Phi) is 2.04. The van der Waals surface area contributed by atoms with Gasteiger partial charge in [0, 0.05) is 0 Å². The van der Waals surface area contributed by atoms with E-state index in [1.807, 2.05) is 0 Å². The Hall–Kier alpha value is -1.17. The van der Waals surface area contributed by atoms with E-state index >= 15 is 0 Å². The molecule has 0 unspecified atom stereocenters. The standard InChI is InChI=1S/C5H3BrN2O3/c6-3-2-7-5(8(10)11)1-4(3)9/h1-2H,(H,7,9). The summed E-state index contributed by atoms with van der Waals surface area (Å²) in [5, 5.41) is 10.1. The van der Waals surface area contributed by atoms with Crippen molar-refractivity contribution < 1.29 is 4.92 Å². The first kappa shape index (κ1) is 7.93. The number of nitrogens with zero attached hydrogens (tertiary/aromatic N) is 1. The largest absolute Gasteiger partial charge is 0.358 e. The van der Waals surface area contributed by atoms with Crippen molar-refractivity contribution in [1.82, 2.24) is 4.98 Å². The molecule has 58 valence electrons. The van der Waals surface area contributed by atoms with Crippen LogP contribution in [0, 0.1) is 10.1 Å². The van der Waals surface area contributed by atoms with Crippen molar-refractivity contribution in [3.8, 4) is 0 Å². The third-order valence-electron chi connectivity index (χ3n) is 1.05. The number of halogens is 1. The lowest BCUT2D eigenvalue weighted by molar-refractivity contribution is -0.389. The minimum absolute atomic E-state index is 0.281. The van der Waals surface area contributed by atoms with Crippen LogP contribution in [0.1, 0.15) is 0 Å². The summed E-state index contributed by atoms with van der Waals surface area (Å²) in [7, 11) is 0. The van der Waals surface area contributed by atoms with Gasteiger partial charge in [-0.15, -0.1) is 0 Å². The van der Waals surface area contributed by atoms with E-state index in [9.17, 15) is 14.9 Å². The molecule has 1 rings (SSSR count). The van der Waals surface area contributed by atoms with Crippen molar-refractivity contribution in [3.63, 3.8) is 0 Å². The zero-order chi connectivity index (χ0) is 8.43. The number of hydrogen-bond donors (Lipinski definition) is 1. The molecule has 1 aromatic heterocycles. The van der Waals surface area contributed by atoms with Gasteiger partial charge in [0.05, 0.1) is 6.07 Å². The first-order chi connectivity index (χ1) is 5.11. The fourth-order valence-corrected chi connectivity index (χ4v) is 0.778. The van der Waals surface area contributed by atoms with Crippen LogP contribution in [-0.2, 0) is 0 Å². The Morgan fingerprint density at radius 3 is 2.73 bits per heavy atom. The second-order valence-electron chi connectivity index (χ2n) is 1.79. The third-order valence-corrected chi connectivity index (χ3v) is 1.67. The molecular weight excluding hydrogens is 216 g/mol. The van der Waals surface area contributed by atoms with Crippen LogP contribution in [0.2, 0.25) is 0 Å². The van der Waals surface area contributed by atoms with Gasteiger partial charge in [-0.05, 0) is 20.9 Å². The van der Waals surface area contributed by atoms with Crippen LogP contribution < -0.4 is 5.43 Å². The van der Waals surface area contributed by atoms with Crippen LogP contribution in [0.15, 0.2) is 21.5 Å². The van der Waals surface area contributed by atoms with Gasteiger partial charge in [0.25, 0.3) is 0 Å². The summed E-state index contributed by atoms with van der Waals surface area (Å²) in [4.78, 5) is 22.5. The maximum absolute atomic E-state index is 10.8. The van der Waals surface area contributed by atoms with E-state index in [-0.39, 0.29) is 10.3 Å². The predicted octanol–water partition coefficient (Wildman–Crippen LogP) is 1.05. The van der Waals surface area contributed by atoms with Crippen molar-refractivity contribution in [2.24, 2.45) is 0 Å². The molecule has 5 nitrogen and oxygen atoms in total. The lowest BCUT2D eigenvalue weighted by Gasteiger charge is -1.91. The quantitative estimate of drug-likeness (QED) is 0.566. The average molecular weight is 219 g/mol. The molecule has 0 radical (unpaired) electrons. The summed E-state index contributed by atoms with van der Waals surface area (Å²) >= 11 is 2.91. The molecule has 0 saturated heterocycles. The minimum Gasteiger partial charge on any atom is -0.358 e. The van der Waals surface area contributed by atoms with Crippen LogP contribution in [0.5, 0.6) is 0 Å². The monoisotopic (exact) mass is 218 g/mol. The molecule has 0 atom stereocenters. The number of nitrogens with one attached hydrogen (secondary N) is 1. The summed E-state index contributed by atoms with van der Waals surface area (Å²) in [6, 6.07) is 0.921. The molecule has 0 aliphatic heterocycles. The highest BCUT2D eigenvalue weighted by Gasteiger charge is 2.05. The van der Waals surface area contributed by atoms with Gasteiger partial charge in [-0.3, -0.25) is 4.79 Å². The molecule has 1 N–H and O–H groups in total. The second kappa shape index (κ2) is 2.83. The highest BCUT2D eigenvalue weighted by atomic mass is 79.9. The Bertz CT molecular complexity index is 346. The van der Waals surface area contributed by atoms with Gasteiger partial charge in [0.15, 0.2) is 0 Å². The van der Waals surface area contributed by atoms with E-state index in [0.717, 1.165) is 6.07 Å². The summed E-state index contributed by atoms with van der Waals surface area (Å²) in [6.07, 6.45) is 1.24. The van der Waals surface area contributed by atoms with Crippen LogP contribution in [0.25, 0.3) is 0 Å². The number of pyridine rings is 1. The Balaban J connectivity index is 3.26. The minimum atomic E-state index is -0.659. The van der Waals surface area contributed by atoms with E-state index in [2.05, 4.69) is 20.9 Å². The van der Waals surface area contributed by atoms with Crippen LogP contribution in [0.4, 0.5) is 5.82 Å². The number of H-pyrrole nitrogens is 1. The number of hydrogen-bond acceptors (Lipinski definition) is 3. The van der Waals surface area contributed by atoms with Gasteiger partial charge in [0.2, 0.25) is 5.43 Å². The number of rotatable bonds is 1. The second-order valence-corrected chi connectivity index (χ2v) is 2.64. The fourth-order valence-electron chi connectivity index (χ4n) is 0.549. The number of aromatic amines is 1. The van der Waals surface area contributed by atoms with Gasteiger partial charge in [-0.1, -0.05) is 0 Å². The molecule has 1 aromatic rings. The van der Waals surface area contributed by atoms with Gasteiger partial charge in [-0.25, -0.2) is 4.98 Å². The average Bonchev–Trinajstić information content (AvgIpc) is 1.94. The van der Waals surface area contributed by atoms with Gasteiger partial charge in [0.1, 0.15) is 10.7 Å². The normalized spacial score (nSPS) is 9.55. The van der Waals surface area contributed by atoms with Crippen LogP contribution in [-0.4, -0.2) is 9.91 Å². The lowest BCUT2D eigenvalue weighted by Crippen LogP contribution is -2.03. The van der Waals surface area contributed by atoms with E-state index in [1.54, 1.807) is 0 Å². The maximum Gasteiger partial charge on any atom is 0.324 e. The molecule has 0 amide bonds. The highest BCUT2D eigenvalue weighted by Crippen LogP contribution is 2.05. The summed E-state index contributed by atoms with van der Waals surface area (Å²) in [5.74, 6) is -0.307. The van der Waals surface area contributed by atoms with Gasteiger partial charge in [-0.2, -0.15) is 0 Å². The number of nitro groups is 1. The van der Waals surface area contributed by atoms with Crippen molar-refractivity contribution >= 4 is 21.7 Å². The summed E-state index contributed by atoms with van der Waals surface area (Å²) < 4.78 is 0.281. The predicted molar refractivity (Wildman–Crippen MR) is 41.4 cm³/mol. The summed E-state index contributed by atoms with van der Waals surface area (Å²) in [5.41, 5.74) is -0.407. The fraction of sp³-hybridized carbons (Fsp3) is 0. The van der Waals surface area contributed by atoms with Crippen molar-refractivity contribution in [3.05, 3.63) is 37.1 Å². The number of aromatic nitrogens is 1. The first-order valence-corrected chi connectivity index (χ1v) is 3.43. The Labute approximate surface area is 69.3 Å². The van der Waals surface area contributed by atoms with E-state index in [1.165, 1.54) is 6.20 Å². The van der Waals surface area contributed by atoms with Gasteiger partial charge >= 0.3 is 5.82 Å². The SMILES string of the molecule is O=c1cc([N+](=O)[O-])[nH]cc1Br. The zero-order valence-corrected chi connectivity index (χ0v) is 6.79. The highest BCUT2D eigenvalue weighted by molar-refractivity contribution is 9.10. The van der Waals surface area contributed by atoms with E-state index < -0.39 is 10.4 Å². The Morgan fingerprint density at radius 1 is 1.64 bits per heavy atom. The Morgan fingerprint density at radius 2 is 2.27 bits per heavy atom. The summed E-state index contributed by atoms with van der Waals surface area (Å²) in [6.45, 7) is 0. The topological polar surface area (TPSA) is 76.0 Å². The van der Waals surface area contributed by atoms with Crippen LogP contribution >= 0.6 is 15.9 Å². The molecule has 0 aliphatic carbocycles. The molecule has 0 fully saturated rings. The molecule has 0 saturated carbocycles. The van der Waals surface area contributed by atoms with Crippen molar-refractivity contribution in [2.45, 2.75) is 0 Å². The van der Waals surface area contributed by atoms with Gasteiger partial charge < -0.3 is 10.1 Å².